The van der Waals surface area contributed by atoms with Crippen molar-refractivity contribution in [2.24, 2.45) is 0 Å². The highest BCUT2D eigenvalue weighted by Crippen LogP contribution is 2.18. The van der Waals surface area contributed by atoms with Crippen molar-refractivity contribution >= 4 is 15.9 Å². The van der Waals surface area contributed by atoms with Crippen molar-refractivity contribution in [2.45, 2.75) is 18.1 Å². The molecule has 1 aliphatic heterocycles. The van der Waals surface area contributed by atoms with Crippen LogP contribution in [0.3, 0.4) is 0 Å². The molecule has 20 heavy (non-hydrogen) atoms. The molecule has 1 aliphatic rings. The molecule has 2 heterocycles. The molecule has 1 aromatic rings. The van der Waals surface area contributed by atoms with E-state index in [9.17, 15) is 13.2 Å². The maximum atomic E-state index is 12.3. The smallest absolute Gasteiger partial charge is 0.289 e. The molecule has 0 saturated carbocycles. The lowest BCUT2D eigenvalue weighted by molar-refractivity contribution is 0.0497. The average Bonchev–Trinajstić information content (AvgIpc) is 2.88. The first kappa shape index (κ1) is 15.0. The maximum absolute atomic E-state index is 12.3. The zero-order chi connectivity index (χ0) is 14.9. The van der Waals surface area contributed by atoms with Crippen LogP contribution in [0.4, 0.5) is 0 Å². The van der Waals surface area contributed by atoms with Gasteiger partial charge in [0.05, 0.1) is 0 Å². The minimum absolute atomic E-state index is 0.0511. The normalized spacial score (nSPS) is 21.1. The Hall–Kier alpha value is -1.38. The molecule has 0 aliphatic carbocycles. The van der Waals surface area contributed by atoms with Crippen LogP contribution in [0.15, 0.2) is 21.6 Å². The van der Waals surface area contributed by atoms with Crippen molar-refractivity contribution in [3.63, 3.8) is 0 Å². The second kappa shape index (κ2) is 5.55. The van der Waals surface area contributed by atoms with Crippen LogP contribution in [0.2, 0.25) is 0 Å². The van der Waals surface area contributed by atoms with Crippen LogP contribution in [-0.2, 0) is 10.0 Å². The number of likely N-dealkylation sites (N-methyl/N-ethyl adjacent to an activating group) is 1. The summed E-state index contributed by atoms with van der Waals surface area (Å²) in [5.74, 6) is -0.224. The minimum atomic E-state index is -3.66. The Kier molecular flexibility index (Phi) is 4.17. The molecule has 1 amide bonds. The lowest BCUT2D eigenvalue weighted by Gasteiger charge is -2.37. The van der Waals surface area contributed by atoms with Gasteiger partial charge in [0.15, 0.2) is 5.76 Å². The first-order chi connectivity index (χ1) is 9.35. The van der Waals surface area contributed by atoms with E-state index in [0.29, 0.717) is 6.54 Å². The maximum Gasteiger partial charge on any atom is 0.289 e. The Morgan fingerprint density at radius 3 is 2.70 bits per heavy atom. The number of hydrogen-bond acceptors (Lipinski definition) is 5. The number of nitrogens with one attached hydrogen (secondary N) is 1. The Labute approximate surface area is 118 Å². The molecular formula is C12H19N3O4S. The van der Waals surface area contributed by atoms with Crippen LogP contribution in [0.1, 0.15) is 17.5 Å². The summed E-state index contributed by atoms with van der Waals surface area (Å²) < 4.78 is 30.5. The third-order valence-corrected chi connectivity index (χ3v) is 4.70. The molecule has 1 saturated heterocycles. The molecule has 0 radical (unpaired) electrons. The fraction of sp³-hybridized carbons (Fsp3) is 0.583. The molecule has 7 nitrogen and oxygen atoms in total. The number of carbonyl (C=O) groups excluding carboxylic acids is 1. The Morgan fingerprint density at radius 1 is 1.40 bits per heavy atom. The van der Waals surface area contributed by atoms with E-state index in [-0.39, 0.29) is 22.8 Å². The quantitative estimate of drug-likeness (QED) is 0.847. The highest BCUT2D eigenvalue weighted by Gasteiger charge is 2.29. The summed E-state index contributed by atoms with van der Waals surface area (Å²) >= 11 is 0. The molecule has 0 unspecified atom stereocenters. The van der Waals surface area contributed by atoms with Crippen molar-refractivity contribution in [1.82, 2.24) is 14.5 Å². The van der Waals surface area contributed by atoms with Gasteiger partial charge in [-0.3, -0.25) is 4.79 Å². The molecule has 112 valence electrons. The minimum Gasteiger partial charge on any atom is -0.438 e. The summed E-state index contributed by atoms with van der Waals surface area (Å²) in [6.07, 6.45) is 0. The molecule has 1 aromatic heterocycles. The van der Waals surface area contributed by atoms with Gasteiger partial charge in [-0.25, -0.2) is 13.1 Å². The Bertz CT molecular complexity index is 596. The molecule has 1 N–H and O–H groups in total. The lowest BCUT2D eigenvalue weighted by atomic mass is 10.2. The fourth-order valence-corrected chi connectivity index (χ4v) is 2.91. The van der Waals surface area contributed by atoms with Gasteiger partial charge < -0.3 is 14.2 Å². The summed E-state index contributed by atoms with van der Waals surface area (Å²) in [5, 5.41) is -0.245. The molecule has 8 heteroatoms. The Morgan fingerprint density at radius 2 is 2.10 bits per heavy atom. The van der Waals surface area contributed by atoms with Gasteiger partial charge in [-0.2, -0.15) is 0 Å². The topological polar surface area (TPSA) is 82.9 Å². The third kappa shape index (κ3) is 2.87. The molecule has 1 atom stereocenters. The summed E-state index contributed by atoms with van der Waals surface area (Å²) in [7, 11) is -0.363. The molecule has 1 fully saturated rings. The number of sulfonamides is 1. The summed E-state index contributed by atoms with van der Waals surface area (Å²) in [5.41, 5.74) is 0. The van der Waals surface area contributed by atoms with E-state index in [2.05, 4.69) is 9.62 Å². The number of furan rings is 1. The highest BCUT2D eigenvalue weighted by molar-refractivity contribution is 7.89. The number of amides is 1. The van der Waals surface area contributed by atoms with E-state index < -0.39 is 10.0 Å². The molecule has 0 bridgehead atoms. The SMILES string of the molecule is CNS(=O)(=O)c1ccc(C(=O)N2CCN(C)C[C@@H]2C)o1. The second-order valence-corrected chi connectivity index (χ2v) is 6.75. The van der Waals surface area contributed by atoms with Gasteiger partial charge in [-0.05, 0) is 33.2 Å². The van der Waals surface area contributed by atoms with Crippen LogP contribution >= 0.6 is 0 Å². The van der Waals surface area contributed by atoms with Crippen LogP contribution in [0.25, 0.3) is 0 Å². The van der Waals surface area contributed by atoms with Crippen molar-refractivity contribution in [3.8, 4) is 0 Å². The molecular weight excluding hydrogens is 282 g/mol. The Balaban J connectivity index is 2.18. The van der Waals surface area contributed by atoms with Crippen LogP contribution < -0.4 is 4.72 Å². The van der Waals surface area contributed by atoms with E-state index in [1.54, 1.807) is 4.90 Å². The van der Waals surface area contributed by atoms with E-state index in [4.69, 9.17) is 4.42 Å². The number of carbonyl (C=O) groups is 1. The molecule has 0 aromatic carbocycles. The van der Waals surface area contributed by atoms with Gasteiger partial charge >= 0.3 is 0 Å². The second-order valence-electron chi connectivity index (χ2n) is 4.94. The number of piperazine rings is 1. The van der Waals surface area contributed by atoms with E-state index in [1.165, 1.54) is 19.2 Å². The van der Waals surface area contributed by atoms with Gasteiger partial charge in [-0.1, -0.05) is 0 Å². The molecule has 2 rings (SSSR count). The van der Waals surface area contributed by atoms with Gasteiger partial charge in [0, 0.05) is 25.7 Å². The van der Waals surface area contributed by atoms with Crippen molar-refractivity contribution in [1.29, 1.82) is 0 Å². The van der Waals surface area contributed by atoms with E-state index >= 15 is 0 Å². The zero-order valence-corrected chi connectivity index (χ0v) is 12.6. The largest absolute Gasteiger partial charge is 0.438 e. The van der Waals surface area contributed by atoms with Gasteiger partial charge in [0.1, 0.15) is 0 Å². The van der Waals surface area contributed by atoms with E-state index in [1.807, 2.05) is 14.0 Å². The van der Waals surface area contributed by atoms with Crippen molar-refractivity contribution in [2.75, 3.05) is 33.7 Å². The first-order valence-corrected chi connectivity index (χ1v) is 7.86. The third-order valence-electron chi connectivity index (χ3n) is 3.42. The fourth-order valence-electron chi connectivity index (χ4n) is 2.26. The van der Waals surface area contributed by atoms with Crippen molar-refractivity contribution in [3.05, 3.63) is 17.9 Å². The average molecular weight is 301 g/mol. The van der Waals surface area contributed by atoms with E-state index in [0.717, 1.165) is 13.1 Å². The van der Waals surface area contributed by atoms with Gasteiger partial charge in [0.25, 0.3) is 15.9 Å². The molecule has 0 spiro atoms. The monoisotopic (exact) mass is 301 g/mol. The number of rotatable bonds is 3. The van der Waals surface area contributed by atoms with Crippen LogP contribution in [0.5, 0.6) is 0 Å². The number of nitrogens with zero attached hydrogens (tertiary/aromatic N) is 2. The summed E-state index contributed by atoms with van der Waals surface area (Å²) in [6.45, 7) is 4.14. The lowest BCUT2D eigenvalue weighted by Crippen LogP contribution is -2.52. The van der Waals surface area contributed by atoms with Gasteiger partial charge in [-0.15, -0.1) is 0 Å². The predicted molar refractivity (Wildman–Crippen MR) is 72.9 cm³/mol. The standard InChI is InChI=1S/C12H19N3O4S/c1-9-8-14(3)6-7-15(9)12(16)10-4-5-11(19-10)20(17,18)13-2/h4-5,9,13H,6-8H2,1-3H3/t9-/m0/s1. The summed E-state index contributed by atoms with van der Waals surface area (Å²) in [4.78, 5) is 16.2. The van der Waals surface area contributed by atoms with Crippen LogP contribution in [0, 0.1) is 0 Å². The zero-order valence-electron chi connectivity index (χ0n) is 11.8. The summed E-state index contributed by atoms with van der Waals surface area (Å²) in [6, 6.07) is 2.76. The first-order valence-electron chi connectivity index (χ1n) is 6.38. The predicted octanol–water partition coefficient (Wildman–Crippen LogP) is -0.0362. The van der Waals surface area contributed by atoms with Gasteiger partial charge in [0.2, 0.25) is 5.09 Å². The van der Waals surface area contributed by atoms with Crippen LogP contribution in [-0.4, -0.2) is 63.9 Å². The highest BCUT2D eigenvalue weighted by atomic mass is 32.2. The van der Waals surface area contributed by atoms with Crippen molar-refractivity contribution < 1.29 is 17.6 Å². The number of hydrogen-bond donors (Lipinski definition) is 1.